The van der Waals surface area contributed by atoms with Crippen LogP contribution < -0.4 is 5.32 Å². The molecule has 3 N–H and O–H groups in total. The Morgan fingerprint density at radius 2 is 1.71 bits per heavy atom. The maximum absolute atomic E-state index is 10.9. The molecule has 0 aromatic carbocycles. The summed E-state index contributed by atoms with van der Waals surface area (Å²) in [6, 6.07) is 0.292. The summed E-state index contributed by atoms with van der Waals surface area (Å²) in [4.78, 5) is 17.9. The lowest BCUT2D eigenvalue weighted by Gasteiger charge is -2.22. The van der Waals surface area contributed by atoms with Crippen LogP contribution in [0.15, 0.2) is 0 Å². The Hall–Kier alpha value is 0.110. The molecule has 0 heterocycles. The zero-order valence-electron chi connectivity index (χ0n) is 8.65. The van der Waals surface area contributed by atoms with Crippen LogP contribution in [0.25, 0.3) is 0 Å². The van der Waals surface area contributed by atoms with Gasteiger partial charge < -0.3 is 15.1 Å². The lowest BCUT2D eigenvalue weighted by Crippen LogP contribution is -2.35. The summed E-state index contributed by atoms with van der Waals surface area (Å²) in [7, 11) is -3.95. The first kappa shape index (κ1) is 12.2. The normalized spacial score (nSPS) is 23.1. The minimum absolute atomic E-state index is 0.292. The molecule has 5 heteroatoms. The summed E-state index contributed by atoms with van der Waals surface area (Å²) in [5, 5.41) is 3.04. The molecule has 0 saturated heterocycles. The third kappa shape index (κ3) is 4.09. The molecule has 0 aromatic rings. The average molecular weight is 221 g/mol. The SMILES string of the molecule is CC(NC1CCCCCC1)P(=O)(O)O. The fraction of sp³-hybridized carbons (Fsp3) is 1.00. The molecule has 1 unspecified atom stereocenters. The van der Waals surface area contributed by atoms with E-state index >= 15 is 0 Å². The molecule has 1 fully saturated rings. The van der Waals surface area contributed by atoms with Crippen molar-refractivity contribution in [1.29, 1.82) is 0 Å². The number of nitrogens with one attached hydrogen (secondary N) is 1. The summed E-state index contributed by atoms with van der Waals surface area (Å²) < 4.78 is 10.9. The first-order valence-electron chi connectivity index (χ1n) is 5.31. The van der Waals surface area contributed by atoms with Gasteiger partial charge in [0.2, 0.25) is 0 Å². The fourth-order valence-electron chi connectivity index (χ4n) is 1.88. The van der Waals surface area contributed by atoms with Crippen molar-refractivity contribution < 1.29 is 14.4 Å². The summed E-state index contributed by atoms with van der Waals surface area (Å²) >= 11 is 0. The van der Waals surface area contributed by atoms with Gasteiger partial charge in [0, 0.05) is 6.04 Å². The molecule has 0 aromatic heterocycles. The summed E-state index contributed by atoms with van der Waals surface area (Å²) in [6.07, 6.45) is 6.94. The van der Waals surface area contributed by atoms with Crippen molar-refractivity contribution >= 4 is 7.60 Å². The smallest absolute Gasteiger partial charge is 0.323 e. The van der Waals surface area contributed by atoms with Crippen LogP contribution >= 0.6 is 7.60 Å². The second-order valence-electron chi connectivity index (χ2n) is 4.12. The van der Waals surface area contributed by atoms with Crippen LogP contribution in [0, 0.1) is 0 Å². The Labute approximate surface area is 85.3 Å². The summed E-state index contributed by atoms with van der Waals surface area (Å²) in [6.45, 7) is 1.56. The van der Waals surface area contributed by atoms with Crippen LogP contribution in [0.5, 0.6) is 0 Å². The third-order valence-corrected chi connectivity index (χ3v) is 3.99. The molecule has 1 aliphatic rings. The Balaban J connectivity index is 2.38. The van der Waals surface area contributed by atoms with E-state index in [1.54, 1.807) is 6.92 Å². The van der Waals surface area contributed by atoms with Gasteiger partial charge in [0.25, 0.3) is 0 Å². The van der Waals surface area contributed by atoms with E-state index < -0.39 is 13.4 Å². The maximum atomic E-state index is 10.9. The van der Waals surface area contributed by atoms with Crippen LogP contribution in [0.3, 0.4) is 0 Å². The highest BCUT2D eigenvalue weighted by atomic mass is 31.2. The first-order chi connectivity index (χ1) is 6.50. The fourth-order valence-corrected chi connectivity index (χ4v) is 2.29. The lowest BCUT2D eigenvalue weighted by molar-refractivity contribution is 0.335. The van der Waals surface area contributed by atoms with Crippen molar-refractivity contribution in [1.82, 2.24) is 5.32 Å². The zero-order chi connectivity index (χ0) is 10.6. The quantitative estimate of drug-likeness (QED) is 0.502. The molecular formula is C9H20NO3P. The van der Waals surface area contributed by atoms with Gasteiger partial charge in [0.05, 0.1) is 0 Å². The maximum Gasteiger partial charge on any atom is 0.342 e. The topological polar surface area (TPSA) is 69.6 Å². The molecule has 1 rings (SSSR count). The van der Waals surface area contributed by atoms with Gasteiger partial charge in [-0.15, -0.1) is 0 Å². The van der Waals surface area contributed by atoms with E-state index in [-0.39, 0.29) is 0 Å². The van der Waals surface area contributed by atoms with E-state index in [9.17, 15) is 4.57 Å². The molecule has 0 amide bonds. The number of rotatable bonds is 3. The van der Waals surface area contributed by atoms with E-state index in [2.05, 4.69) is 5.32 Å². The van der Waals surface area contributed by atoms with E-state index in [1.807, 2.05) is 0 Å². The molecular weight excluding hydrogens is 201 g/mol. The molecule has 0 radical (unpaired) electrons. The van der Waals surface area contributed by atoms with E-state index in [0.29, 0.717) is 6.04 Å². The molecule has 4 nitrogen and oxygen atoms in total. The number of hydrogen-bond donors (Lipinski definition) is 3. The highest BCUT2D eigenvalue weighted by Gasteiger charge is 2.26. The molecule has 0 spiro atoms. The predicted molar refractivity (Wildman–Crippen MR) is 56.1 cm³/mol. The molecule has 0 bridgehead atoms. The number of hydrogen-bond acceptors (Lipinski definition) is 2. The van der Waals surface area contributed by atoms with Gasteiger partial charge in [0.15, 0.2) is 0 Å². The predicted octanol–water partition coefficient (Wildman–Crippen LogP) is 1.82. The van der Waals surface area contributed by atoms with Gasteiger partial charge in [-0.1, -0.05) is 25.7 Å². The molecule has 1 aliphatic carbocycles. The molecule has 84 valence electrons. The highest BCUT2D eigenvalue weighted by molar-refractivity contribution is 7.52. The summed E-state index contributed by atoms with van der Waals surface area (Å²) in [5.74, 6) is -0.703. The van der Waals surface area contributed by atoms with Crippen molar-refractivity contribution in [3.05, 3.63) is 0 Å². The molecule has 0 aliphatic heterocycles. The van der Waals surface area contributed by atoms with E-state index in [0.717, 1.165) is 12.8 Å². The van der Waals surface area contributed by atoms with Crippen LogP contribution in [-0.4, -0.2) is 21.6 Å². The van der Waals surface area contributed by atoms with Gasteiger partial charge in [-0.2, -0.15) is 0 Å². The zero-order valence-corrected chi connectivity index (χ0v) is 9.54. The van der Waals surface area contributed by atoms with Crippen LogP contribution in [0.2, 0.25) is 0 Å². The minimum Gasteiger partial charge on any atom is -0.323 e. The molecule has 14 heavy (non-hydrogen) atoms. The van der Waals surface area contributed by atoms with Crippen molar-refractivity contribution in [2.45, 2.75) is 57.3 Å². The van der Waals surface area contributed by atoms with Gasteiger partial charge in [-0.05, 0) is 19.8 Å². The third-order valence-electron chi connectivity index (χ3n) is 2.84. The molecule has 1 atom stereocenters. The monoisotopic (exact) mass is 221 g/mol. The van der Waals surface area contributed by atoms with Gasteiger partial charge in [0.1, 0.15) is 5.78 Å². The Morgan fingerprint density at radius 3 is 2.14 bits per heavy atom. The van der Waals surface area contributed by atoms with Crippen LogP contribution in [-0.2, 0) is 4.57 Å². The second kappa shape index (κ2) is 5.26. The second-order valence-corrected chi connectivity index (χ2v) is 6.07. The van der Waals surface area contributed by atoms with Crippen LogP contribution in [0.4, 0.5) is 0 Å². The largest absolute Gasteiger partial charge is 0.342 e. The van der Waals surface area contributed by atoms with Crippen molar-refractivity contribution in [3.8, 4) is 0 Å². The Morgan fingerprint density at radius 1 is 1.21 bits per heavy atom. The Kier molecular flexibility index (Phi) is 4.58. The lowest BCUT2D eigenvalue weighted by atomic mass is 10.1. The standard InChI is InChI=1S/C9H20NO3P/c1-8(14(11,12)13)10-9-6-4-2-3-5-7-9/h8-10H,2-7H2,1H3,(H2,11,12,13). The van der Waals surface area contributed by atoms with Gasteiger partial charge >= 0.3 is 7.60 Å². The average Bonchev–Trinajstić information content (AvgIpc) is 2.31. The highest BCUT2D eigenvalue weighted by Crippen LogP contribution is 2.39. The first-order valence-corrected chi connectivity index (χ1v) is 6.99. The van der Waals surface area contributed by atoms with Crippen molar-refractivity contribution in [3.63, 3.8) is 0 Å². The molecule has 1 saturated carbocycles. The van der Waals surface area contributed by atoms with E-state index in [1.165, 1.54) is 25.7 Å². The minimum atomic E-state index is -3.95. The van der Waals surface area contributed by atoms with Gasteiger partial charge in [-0.25, -0.2) is 0 Å². The summed E-state index contributed by atoms with van der Waals surface area (Å²) in [5.41, 5.74) is 0. The Bertz CT molecular complexity index is 208. The van der Waals surface area contributed by atoms with E-state index in [4.69, 9.17) is 9.79 Å². The van der Waals surface area contributed by atoms with Crippen molar-refractivity contribution in [2.24, 2.45) is 0 Å². The van der Waals surface area contributed by atoms with Crippen LogP contribution in [0.1, 0.15) is 45.4 Å². The van der Waals surface area contributed by atoms with Gasteiger partial charge in [-0.3, -0.25) is 4.57 Å². The van der Waals surface area contributed by atoms with Crippen molar-refractivity contribution in [2.75, 3.05) is 0 Å².